The zero-order valence-corrected chi connectivity index (χ0v) is 13.3. The number of phenolic OH excluding ortho intramolecular Hbond substituents is 1. The molecular weight excluding hydrogens is 308 g/mol. The molecule has 2 aromatic carbocycles. The molecule has 24 heavy (non-hydrogen) atoms. The number of carbonyl (C=O) groups excluding carboxylic acids is 2. The Labute approximate surface area is 139 Å². The van der Waals surface area contributed by atoms with E-state index in [1.165, 1.54) is 13.2 Å². The van der Waals surface area contributed by atoms with Gasteiger partial charge in [-0.05, 0) is 30.7 Å². The largest absolute Gasteiger partial charge is 0.507 e. The van der Waals surface area contributed by atoms with E-state index in [4.69, 9.17) is 4.74 Å². The van der Waals surface area contributed by atoms with Crippen molar-refractivity contribution in [3.05, 3.63) is 48.0 Å². The number of aromatic hydroxyl groups is 1. The number of carbonyl (C=O) groups is 2. The minimum Gasteiger partial charge on any atom is -0.507 e. The molecule has 2 amide bonds. The standard InChI is InChI=1S/C18H18N2O4/c1-24-16-11-12(8-9-14(16)20-10-4-7-17(20)22)19-18(23)13-5-2-3-6-15(13)21/h2-3,5-6,8-9,11,21H,4,7,10H2,1H3,(H,19,23). The van der Waals surface area contributed by atoms with Crippen LogP contribution in [0.15, 0.2) is 42.5 Å². The van der Waals surface area contributed by atoms with Gasteiger partial charge in [0.05, 0.1) is 18.4 Å². The molecule has 0 aliphatic carbocycles. The Hall–Kier alpha value is -3.02. The van der Waals surface area contributed by atoms with Crippen LogP contribution in [0.4, 0.5) is 11.4 Å². The highest BCUT2D eigenvalue weighted by Gasteiger charge is 2.24. The van der Waals surface area contributed by atoms with Gasteiger partial charge in [0.25, 0.3) is 5.91 Å². The normalized spacial score (nSPS) is 13.9. The molecule has 0 atom stereocenters. The molecule has 0 aromatic heterocycles. The summed E-state index contributed by atoms with van der Waals surface area (Å²) < 4.78 is 5.36. The average Bonchev–Trinajstić information content (AvgIpc) is 3.01. The topological polar surface area (TPSA) is 78.9 Å². The number of rotatable bonds is 4. The van der Waals surface area contributed by atoms with Gasteiger partial charge in [-0.25, -0.2) is 0 Å². The molecule has 3 rings (SSSR count). The number of ether oxygens (including phenoxy) is 1. The summed E-state index contributed by atoms with van der Waals surface area (Å²) in [6, 6.07) is 11.5. The predicted octanol–water partition coefficient (Wildman–Crippen LogP) is 2.78. The van der Waals surface area contributed by atoms with Gasteiger partial charge in [0.1, 0.15) is 11.5 Å². The molecule has 6 nitrogen and oxygen atoms in total. The molecule has 1 heterocycles. The first-order chi connectivity index (χ1) is 11.6. The third-order valence-electron chi connectivity index (χ3n) is 3.95. The summed E-state index contributed by atoms with van der Waals surface area (Å²) in [6.07, 6.45) is 1.36. The van der Waals surface area contributed by atoms with Crippen LogP contribution < -0.4 is 15.0 Å². The van der Waals surface area contributed by atoms with Crippen molar-refractivity contribution in [2.45, 2.75) is 12.8 Å². The van der Waals surface area contributed by atoms with Crippen LogP contribution in [0.25, 0.3) is 0 Å². The molecule has 1 saturated heterocycles. The fraction of sp³-hybridized carbons (Fsp3) is 0.222. The maximum atomic E-state index is 12.3. The Morgan fingerprint density at radius 3 is 2.71 bits per heavy atom. The highest BCUT2D eigenvalue weighted by Crippen LogP contribution is 2.34. The van der Waals surface area contributed by atoms with Gasteiger partial charge < -0.3 is 20.1 Å². The van der Waals surface area contributed by atoms with Crippen molar-refractivity contribution in [3.63, 3.8) is 0 Å². The van der Waals surface area contributed by atoms with Gasteiger partial charge in [-0.1, -0.05) is 12.1 Å². The predicted molar refractivity (Wildman–Crippen MR) is 90.6 cm³/mol. The minimum atomic E-state index is -0.417. The maximum Gasteiger partial charge on any atom is 0.259 e. The summed E-state index contributed by atoms with van der Waals surface area (Å²) in [5.74, 6) is 0.0843. The lowest BCUT2D eigenvalue weighted by molar-refractivity contribution is -0.117. The highest BCUT2D eigenvalue weighted by molar-refractivity contribution is 6.06. The van der Waals surface area contributed by atoms with Crippen LogP contribution in [0, 0.1) is 0 Å². The lowest BCUT2D eigenvalue weighted by atomic mass is 10.1. The Balaban J connectivity index is 1.83. The van der Waals surface area contributed by atoms with Gasteiger partial charge >= 0.3 is 0 Å². The van der Waals surface area contributed by atoms with E-state index in [9.17, 15) is 14.7 Å². The molecule has 0 bridgehead atoms. The number of anilines is 2. The van der Waals surface area contributed by atoms with Crippen LogP contribution in [0.2, 0.25) is 0 Å². The third-order valence-corrected chi connectivity index (χ3v) is 3.95. The Morgan fingerprint density at radius 1 is 1.25 bits per heavy atom. The van der Waals surface area contributed by atoms with E-state index in [2.05, 4.69) is 5.32 Å². The van der Waals surface area contributed by atoms with Gasteiger partial charge in [-0.3, -0.25) is 9.59 Å². The fourth-order valence-corrected chi connectivity index (χ4v) is 2.75. The highest BCUT2D eigenvalue weighted by atomic mass is 16.5. The molecule has 6 heteroatoms. The van der Waals surface area contributed by atoms with E-state index in [-0.39, 0.29) is 17.2 Å². The first kappa shape index (κ1) is 15.9. The molecular formula is C18H18N2O4. The molecule has 2 aromatic rings. The van der Waals surface area contributed by atoms with Gasteiger partial charge in [0.15, 0.2) is 0 Å². The van der Waals surface area contributed by atoms with Crippen LogP contribution in [0.5, 0.6) is 11.5 Å². The second-order valence-electron chi connectivity index (χ2n) is 5.51. The molecule has 0 spiro atoms. The quantitative estimate of drug-likeness (QED) is 0.905. The van der Waals surface area contributed by atoms with E-state index in [0.717, 1.165) is 6.42 Å². The van der Waals surface area contributed by atoms with E-state index >= 15 is 0 Å². The SMILES string of the molecule is COc1cc(NC(=O)c2ccccc2O)ccc1N1CCCC1=O. The molecule has 0 unspecified atom stereocenters. The zero-order valence-electron chi connectivity index (χ0n) is 13.3. The molecule has 1 aliphatic heterocycles. The summed E-state index contributed by atoms with van der Waals surface area (Å²) in [5.41, 5.74) is 1.41. The second kappa shape index (κ2) is 6.62. The maximum absolute atomic E-state index is 12.3. The van der Waals surface area contributed by atoms with Gasteiger partial charge in [-0.15, -0.1) is 0 Å². The van der Waals surface area contributed by atoms with Crippen molar-refractivity contribution in [1.82, 2.24) is 0 Å². The molecule has 1 aliphatic rings. The van der Waals surface area contributed by atoms with Crippen LogP contribution in [-0.4, -0.2) is 30.6 Å². The van der Waals surface area contributed by atoms with Crippen molar-refractivity contribution >= 4 is 23.2 Å². The third kappa shape index (κ3) is 3.03. The van der Waals surface area contributed by atoms with Crippen LogP contribution in [0.1, 0.15) is 23.2 Å². The molecule has 0 saturated carbocycles. The van der Waals surface area contributed by atoms with E-state index < -0.39 is 5.91 Å². The number of hydrogen-bond acceptors (Lipinski definition) is 4. The molecule has 124 valence electrons. The summed E-state index contributed by atoms with van der Waals surface area (Å²) in [7, 11) is 1.52. The number of phenols is 1. The monoisotopic (exact) mass is 326 g/mol. The number of hydrogen-bond donors (Lipinski definition) is 2. The molecule has 1 fully saturated rings. The van der Waals surface area contributed by atoms with E-state index in [1.807, 2.05) is 0 Å². The number of nitrogens with one attached hydrogen (secondary N) is 1. The number of methoxy groups -OCH3 is 1. The lowest BCUT2D eigenvalue weighted by Crippen LogP contribution is -2.24. The number of nitrogens with zero attached hydrogens (tertiary/aromatic N) is 1. The van der Waals surface area contributed by atoms with Gasteiger partial charge in [-0.2, -0.15) is 0 Å². The van der Waals surface area contributed by atoms with Crippen molar-refractivity contribution < 1.29 is 19.4 Å². The van der Waals surface area contributed by atoms with Crippen molar-refractivity contribution in [3.8, 4) is 11.5 Å². The number of amides is 2. The van der Waals surface area contributed by atoms with Crippen molar-refractivity contribution in [2.75, 3.05) is 23.9 Å². The van der Waals surface area contributed by atoms with Gasteiger partial charge in [0.2, 0.25) is 5.91 Å². The zero-order chi connectivity index (χ0) is 17.1. The summed E-state index contributed by atoms with van der Waals surface area (Å²) in [5, 5.41) is 12.5. The molecule has 2 N–H and O–H groups in total. The Bertz CT molecular complexity index is 788. The molecule has 0 radical (unpaired) electrons. The summed E-state index contributed by atoms with van der Waals surface area (Å²) >= 11 is 0. The van der Waals surface area contributed by atoms with Crippen molar-refractivity contribution in [1.29, 1.82) is 0 Å². The Morgan fingerprint density at radius 2 is 2.04 bits per heavy atom. The Kier molecular flexibility index (Phi) is 4.37. The first-order valence-corrected chi connectivity index (χ1v) is 7.68. The van der Waals surface area contributed by atoms with Crippen LogP contribution in [-0.2, 0) is 4.79 Å². The lowest BCUT2D eigenvalue weighted by Gasteiger charge is -2.19. The second-order valence-corrected chi connectivity index (χ2v) is 5.51. The van der Waals surface area contributed by atoms with Crippen LogP contribution >= 0.6 is 0 Å². The van der Waals surface area contributed by atoms with E-state index in [0.29, 0.717) is 30.1 Å². The smallest absolute Gasteiger partial charge is 0.259 e. The summed E-state index contributed by atoms with van der Waals surface area (Å²) in [6.45, 7) is 0.665. The average molecular weight is 326 g/mol. The van der Waals surface area contributed by atoms with Crippen molar-refractivity contribution in [2.24, 2.45) is 0 Å². The number of para-hydroxylation sites is 1. The number of benzene rings is 2. The first-order valence-electron chi connectivity index (χ1n) is 7.68. The minimum absolute atomic E-state index is 0.0688. The van der Waals surface area contributed by atoms with Crippen LogP contribution in [0.3, 0.4) is 0 Å². The summed E-state index contributed by atoms with van der Waals surface area (Å²) in [4.78, 5) is 25.8. The van der Waals surface area contributed by atoms with E-state index in [1.54, 1.807) is 41.3 Å². The van der Waals surface area contributed by atoms with Gasteiger partial charge in [0, 0.05) is 24.7 Å². The fourth-order valence-electron chi connectivity index (χ4n) is 2.75.